The number of amides is 1. The van der Waals surface area contributed by atoms with Crippen molar-refractivity contribution in [3.63, 3.8) is 0 Å². The van der Waals surface area contributed by atoms with Crippen LogP contribution in [-0.2, 0) is 4.79 Å². The third-order valence-corrected chi connectivity index (χ3v) is 5.52. The summed E-state index contributed by atoms with van der Waals surface area (Å²) < 4.78 is 0. The molecule has 1 unspecified atom stereocenters. The molecular weight excluding hydrogens is 260 g/mol. The Bertz CT molecular complexity index is 365. The molecule has 3 heteroatoms. The maximum absolute atomic E-state index is 12.9. The van der Waals surface area contributed by atoms with Gasteiger partial charge in [0.2, 0.25) is 5.91 Å². The molecule has 1 amide bonds. The molecule has 0 radical (unpaired) electrons. The number of carbonyl (C=O) groups is 1. The maximum Gasteiger partial charge on any atom is 0.227 e. The third-order valence-electron chi connectivity index (χ3n) is 5.52. The summed E-state index contributed by atoms with van der Waals surface area (Å²) in [6.45, 7) is 13.4. The topological polar surface area (TPSA) is 41.1 Å². The highest BCUT2D eigenvalue weighted by Crippen LogP contribution is 2.46. The van der Waals surface area contributed by atoms with Crippen LogP contribution in [0.4, 0.5) is 0 Å². The van der Waals surface area contributed by atoms with Crippen molar-refractivity contribution in [1.82, 2.24) is 10.6 Å². The molecule has 0 spiro atoms. The first kappa shape index (κ1) is 16.8. The van der Waals surface area contributed by atoms with Crippen molar-refractivity contribution in [1.29, 1.82) is 0 Å². The molecule has 3 nitrogen and oxygen atoms in total. The van der Waals surface area contributed by atoms with Gasteiger partial charge in [-0.1, -0.05) is 34.6 Å². The van der Waals surface area contributed by atoms with Crippen LogP contribution in [0.1, 0.15) is 73.1 Å². The van der Waals surface area contributed by atoms with Gasteiger partial charge in [-0.3, -0.25) is 4.79 Å². The van der Waals surface area contributed by atoms with Crippen molar-refractivity contribution in [3.05, 3.63) is 0 Å². The van der Waals surface area contributed by atoms with Gasteiger partial charge in [0.05, 0.1) is 5.41 Å². The fourth-order valence-electron chi connectivity index (χ4n) is 4.91. The van der Waals surface area contributed by atoms with Crippen LogP contribution in [0.5, 0.6) is 0 Å². The van der Waals surface area contributed by atoms with E-state index >= 15 is 0 Å². The molecule has 1 atom stereocenters. The lowest BCUT2D eigenvalue weighted by atomic mass is 9.63. The maximum atomic E-state index is 12.9. The summed E-state index contributed by atoms with van der Waals surface area (Å²) >= 11 is 0. The van der Waals surface area contributed by atoms with Crippen LogP contribution in [0.3, 0.4) is 0 Å². The molecule has 2 aliphatic rings. The van der Waals surface area contributed by atoms with E-state index in [1.165, 1.54) is 6.42 Å². The highest BCUT2D eigenvalue weighted by atomic mass is 16.2. The molecule has 1 aliphatic heterocycles. The molecule has 122 valence electrons. The monoisotopic (exact) mass is 294 g/mol. The Hall–Kier alpha value is -0.570. The average Bonchev–Trinajstić information content (AvgIpc) is 2.35. The van der Waals surface area contributed by atoms with Gasteiger partial charge in [-0.15, -0.1) is 0 Å². The van der Waals surface area contributed by atoms with Crippen molar-refractivity contribution in [2.75, 3.05) is 13.1 Å². The molecule has 21 heavy (non-hydrogen) atoms. The van der Waals surface area contributed by atoms with Gasteiger partial charge in [-0.05, 0) is 55.9 Å². The minimum atomic E-state index is -0.177. The quantitative estimate of drug-likeness (QED) is 0.836. The molecule has 0 aromatic heterocycles. The number of hydrogen-bond donors (Lipinski definition) is 2. The van der Waals surface area contributed by atoms with E-state index < -0.39 is 0 Å². The van der Waals surface area contributed by atoms with Gasteiger partial charge in [0, 0.05) is 12.6 Å². The number of rotatable bonds is 3. The highest BCUT2D eigenvalue weighted by molar-refractivity contribution is 5.83. The highest BCUT2D eigenvalue weighted by Gasteiger charge is 2.42. The summed E-state index contributed by atoms with van der Waals surface area (Å²) in [4.78, 5) is 12.9. The van der Waals surface area contributed by atoms with Crippen molar-refractivity contribution >= 4 is 5.91 Å². The summed E-state index contributed by atoms with van der Waals surface area (Å²) in [6.07, 6.45) is 6.54. The fourth-order valence-corrected chi connectivity index (χ4v) is 4.91. The Kier molecular flexibility index (Phi) is 4.72. The summed E-state index contributed by atoms with van der Waals surface area (Å²) in [5.41, 5.74) is 0.470. The molecular formula is C18H34N2O. The molecule has 0 aromatic rings. The van der Waals surface area contributed by atoms with Gasteiger partial charge >= 0.3 is 0 Å². The Morgan fingerprint density at radius 1 is 1.19 bits per heavy atom. The normalized spacial score (nSPS) is 32.6. The van der Waals surface area contributed by atoms with Crippen LogP contribution in [0, 0.1) is 16.2 Å². The second-order valence-corrected chi connectivity index (χ2v) is 9.00. The standard InChI is InChI=1S/C18H34N2O/c1-6-18(8-7-9-19-13-18)15(21)20-14-10-16(2,3)12-17(4,5)11-14/h14,19H,6-13H2,1-5H3,(H,20,21). The molecule has 1 aliphatic carbocycles. The van der Waals surface area contributed by atoms with Crippen LogP contribution in [0.15, 0.2) is 0 Å². The first-order chi connectivity index (χ1) is 9.68. The molecule has 2 fully saturated rings. The van der Waals surface area contributed by atoms with Crippen LogP contribution in [0.2, 0.25) is 0 Å². The zero-order valence-electron chi connectivity index (χ0n) is 14.6. The Balaban J connectivity index is 2.04. The lowest BCUT2D eigenvalue weighted by molar-refractivity contribution is -0.134. The van der Waals surface area contributed by atoms with E-state index in [4.69, 9.17) is 0 Å². The zero-order chi connectivity index (χ0) is 15.7. The minimum Gasteiger partial charge on any atom is -0.353 e. The molecule has 0 bridgehead atoms. The predicted octanol–water partition coefficient (Wildman–Crippen LogP) is 3.49. The minimum absolute atomic E-state index is 0.177. The van der Waals surface area contributed by atoms with Crippen molar-refractivity contribution in [3.8, 4) is 0 Å². The van der Waals surface area contributed by atoms with E-state index in [1.54, 1.807) is 0 Å². The van der Waals surface area contributed by atoms with Gasteiger partial charge in [-0.2, -0.15) is 0 Å². The first-order valence-corrected chi connectivity index (χ1v) is 8.70. The number of hydrogen-bond acceptors (Lipinski definition) is 2. The van der Waals surface area contributed by atoms with E-state index in [1.807, 2.05) is 0 Å². The average molecular weight is 294 g/mol. The predicted molar refractivity (Wildman–Crippen MR) is 88.2 cm³/mol. The Labute approximate surface area is 130 Å². The number of carbonyl (C=O) groups excluding carboxylic acids is 1. The van der Waals surface area contributed by atoms with E-state index in [-0.39, 0.29) is 11.3 Å². The zero-order valence-corrected chi connectivity index (χ0v) is 14.6. The summed E-state index contributed by atoms with van der Waals surface area (Å²) in [5.74, 6) is 0.288. The van der Waals surface area contributed by atoms with Crippen LogP contribution < -0.4 is 10.6 Å². The molecule has 1 saturated carbocycles. The Morgan fingerprint density at radius 3 is 2.29 bits per heavy atom. The van der Waals surface area contributed by atoms with E-state index in [0.717, 1.165) is 45.2 Å². The van der Waals surface area contributed by atoms with Gasteiger partial charge in [0.1, 0.15) is 0 Å². The summed E-state index contributed by atoms with van der Waals surface area (Å²) in [6, 6.07) is 0.335. The Morgan fingerprint density at radius 2 is 1.81 bits per heavy atom. The van der Waals surface area contributed by atoms with Crippen LogP contribution in [-0.4, -0.2) is 25.0 Å². The smallest absolute Gasteiger partial charge is 0.227 e. The first-order valence-electron chi connectivity index (χ1n) is 8.70. The second-order valence-electron chi connectivity index (χ2n) is 9.00. The molecule has 1 saturated heterocycles. The lowest BCUT2D eigenvalue weighted by Crippen LogP contribution is -2.54. The van der Waals surface area contributed by atoms with Gasteiger partial charge in [-0.25, -0.2) is 0 Å². The summed E-state index contributed by atoms with van der Waals surface area (Å²) in [5, 5.41) is 6.83. The van der Waals surface area contributed by atoms with Gasteiger partial charge in [0.15, 0.2) is 0 Å². The van der Waals surface area contributed by atoms with E-state index in [9.17, 15) is 4.79 Å². The largest absolute Gasteiger partial charge is 0.353 e. The van der Waals surface area contributed by atoms with Gasteiger partial charge < -0.3 is 10.6 Å². The number of piperidine rings is 1. The molecule has 2 N–H and O–H groups in total. The van der Waals surface area contributed by atoms with Crippen molar-refractivity contribution < 1.29 is 4.79 Å². The van der Waals surface area contributed by atoms with Crippen LogP contribution >= 0.6 is 0 Å². The fraction of sp³-hybridized carbons (Fsp3) is 0.944. The van der Waals surface area contributed by atoms with E-state index in [0.29, 0.717) is 16.9 Å². The summed E-state index contributed by atoms with van der Waals surface area (Å²) in [7, 11) is 0. The molecule has 0 aromatic carbocycles. The van der Waals surface area contributed by atoms with Crippen molar-refractivity contribution in [2.45, 2.75) is 79.2 Å². The molecule has 2 rings (SSSR count). The number of nitrogens with one attached hydrogen (secondary N) is 2. The van der Waals surface area contributed by atoms with Gasteiger partial charge in [0.25, 0.3) is 0 Å². The second kappa shape index (κ2) is 5.91. The third kappa shape index (κ3) is 4.00. The lowest BCUT2D eigenvalue weighted by Gasteiger charge is -2.46. The van der Waals surface area contributed by atoms with Crippen LogP contribution in [0.25, 0.3) is 0 Å². The molecule has 1 heterocycles. The SMILES string of the molecule is CCC1(C(=O)NC2CC(C)(C)CC(C)(C)C2)CCCNC1. The van der Waals surface area contributed by atoms with Crippen molar-refractivity contribution in [2.24, 2.45) is 16.2 Å². The van der Waals surface area contributed by atoms with E-state index in [2.05, 4.69) is 45.3 Å².